The van der Waals surface area contributed by atoms with Gasteiger partial charge in [0.1, 0.15) is 6.04 Å². The summed E-state index contributed by atoms with van der Waals surface area (Å²) in [7, 11) is 1.54. The van der Waals surface area contributed by atoms with Crippen molar-refractivity contribution >= 4 is 52.3 Å². The lowest BCUT2D eigenvalue weighted by Crippen LogP contribution is -2.45. The second kappa shape index (κ2) is 11.1. The molecule has 1 amide bonds. The summed E-state index contributed by atoms with van der Waals surface area (Å²) < 4.78 is 5.97. The van der Waals surface area contributed by atoms with Gasteiger partial charge < -0.3 is 20.7 Å². The van der Waals surface area contributed by atoms with Gasteiger partial charge >= 0.3 is 0 Å². The Labute approximate surface area is 158 Å². The molecule has 2 atom stereocenters. The number of nitrogens with zero attached hydrogens (tertiary/aromatic N) is 1. The SMILES string of the molecule is COCC(N)C(=O)NCC1CCN(c2ccc(Br)cc2)C1.Cl.Cl. The van der Waals surface area contributed by atoms with E-state index >= 15 is 0 Å². The molecule has 1 aromatic rings. The van der Waals surface area contributed by atoms with Gasteiger partial charge in [-0.25, -0.2) is 0 Å². The number of amides is 1. The summed E-state index contributed by atoms with van der Waals surface area (Å²) in [4.78, 5) is 14.1. The van der Waals surface area contributed by atoms with E-state index in [-0.39, 0.29) is 37.3 Å². The number of carbonyl (C=O) groups excluding carboxylic acids is 1. The fourth-order valence-corrected chi connectivity index (χ4v) is 2.78. The first-order chi connectivity index (χ1) is 10.1. The van der Waals surface area contributed by atoms with Gasteiger partial charge in [0.2, 0.25) is 5.91 Å². The summed E-state index contributed by atoms with van der Waals surface area (Å²) in [5, 5.41) is 2.91. The predicted molar refractivity (Wildman–Crippen MR) is 102 cm³/mol. The number of anilines is 1. The second-order valence-corrected chi connectivity index (χ2v) is 6.30. The van der Waals surface area contributed by atoms with Crippen LogP contribution in [-0.2, 0) is 9.53 Å². The van der Waals surface area contributed by atoms with Crippen LogP contribution in [0.4, 0.5) is 5.69 Å². The molecule has 1 fully saturated rings. The number of halogens is 3. The predicted octanol–water partition coefficient (Wildman–Crippen LogP) is 2.21. The Morgan fingerprint density at radius 3 is 2.70 bits per heavy atom. The van der Waals surface area contributed by atoms with Crippen LogP contribution in [0, 0.1) is 5.92 Å². The van der Waals surface area contributed by atoms with Gasteiger partial charge in [0.25, 0.3) is 0 Å². The van der Waals surface area contributed by atoms with E-state index in [4.69, 9.17) is 10.5 Å². The van der Waals surface area contributed by atoms with E-state index in [1.807, 2.05) is 12.1 Å². The Morgan fingerprint density at radius 1 is 1.43 bits per heavy atom. The zero-order chi connectivity index (χ0) is 15.2. The van der Waals surface area contributed by atoms with Crippen LogP contribution >= 0.6 is 40.7 Å². The monoisotopic (exact) mass is 427 g/mol. The molecule has 8 heteroatoms. The Kier molecular flexibility index (Phi) is 10.8. The molecule has 1 aromatic carbocycles. The highest BCUT2D eigenvalue weighted by Crippen LogP contribution is 2.24. The first-order valence-electron chi connectivity index (χ1n) is 7.13. The van der Waals surface area contributed by atoms with Crippen LogP contribution in [0.25, 0.3) is 0 Å². The zero-order valence-corrected chi connectivity index (χ0v) is 16.3. The maximum absolute atomic E-state index is 11.7. The molecule has 3 N–H and O–H groups in total. The number of ether oxygens (including phenoxy) is 1. The first-order valence-corrected chi connectivity index (χ1v) is 7.92. The van der Waals surface area contributed by atoms with Gasteiger partial charge in [-0.2, -0.15) is 0 Å². The highest BCUT2D eigenvalue weighted by molar-refractivity contribution is 9.10. The summed E-state index contributed by atoms with van der Waals surface area (Å²) in [6.45, 7) is 2.90. The molecule has 23 heavy (non-hydrogen) atoms. The quantitative estimate of drug-likeness (QED) is 0.728. The molecule has 2 rings (SSSR count). The lowest BCUT2D eigenvalue weighted by molar-refractivity contribution is -0.123. The normalized spacial score (nSPS) is 17.9. The number of hydrogen-bond acceptors (Lipinski definition) is 4. The highest BCUT2D eigenvalue weighted by Gasteiger charge is 2.23. The van der Waals surface area contributed by atoms with Crippen molar-refractivity contribution in [2.24, 2.45) is 11.7 Å². The van der Waals surface area contributed by atoms with Crippen molar-refractivity contribution in [3.05, 3.63) is 28.7 Å². The lowest BCUT2D eigenvalue weighted by Gasteiger charge is -2.19. The lowest BCUT2D eigenvalue weighted by atomic mass is 10.1. The molecule has 0 radical (unpaired) electrons. The standard InChI is InChI=1S/C15H22BrN3O2.2ClH/c1-21-10-14(17)15(20)18-8-11-6-7-19(9-11)13-4-2-12(16)3-5-13;;/h2-5,11,14H,6-10,17H2,1H3,(H,18,20);2*1H. The van der Waals surface area contributed by atoms with Gasteiger partial charge in [-0.1, -0.05) is 15.9 Å². The Hall–Kier alpha value is -0.530. The number of nitrogens with two attached hydrogens (primary N) is 1. The molecule has 2 unspecified atom stereocenters. The van der Waals surface area contributed by atoms with Gasteiger partial charge in [0.05, 0.1) is 6.61 Å². The topological polar surface area (TPSA) is 67.6 Å². The van der Waals surface area contributed by atoms with Crippen LogP contribution in [-0.4, -0.2) is 45.3 Å². The molecular weight excluding hydrogens is 405 g/mol. The molecule has 0 aromatic heterocycles. The van der Waals surface area contributed by atoms with E-state index in [1.54, 1.807) is 7.11 Å². The minimum absolute atomic E-state index is 0. The third-order valence-corrected chi connectivity index (χ3v) is 4.25. The summed E-state index contributed by atoms with van der Waals surface area (Å²) >= 11 is 3.44. The van der Waals surface area contributed by atoms with E-state index in [0.29, 0.717) is 12.5 Å². The fraction of sp³-hybridized carbons (Fsp3) is 0.533. The maximum atomic E-state index is 11.7. The summed E-state index contributed by atoms with van der Waals surface area (Å²) in [5.74, 6) is 0.325. The van der Waals surface area contributed by atoms with Gasteiger partial charge in [0, 0.05) is 36.9 Å². The molecular formula is C15H24BrCl2N3O2. The molecule has 1 saturated heterocycles. The van der Waals surface area contributed by atoms with Gasteiger partial charge in [-0.05, 0) is 36.6 Å². The van der Waals surface area contributed by atoms with Crippen LogP contribution in [0.5, 0.6) is 0 Å². The number of nitrogens with one attached hydrogen (secondary N) is 1. The Bertz CT molecular complexity index is 476. The summed E-state index contributed by atoms with van der Waals surface area (Å²) in [6, 6.07) is 7.74. The molecule has 1 aliphatic heterocycles. The van der Waals surface area contributed by atoms with Crippen LogP contribution in [0.3, 0.4) is 0 Å². The zero-order valence-electron chi connectivity index (χ0n) is 13.0. The molecule has 1 aliphatic rings. The van der Waals surface area contributed by atoms with Crippen LogP contribution in [0.2, 0.25) is 0 Å². The minimum atomic E-state index is -0.584. The van der Waals surface area contributed by atoms with E-state index in [2.05, 4.69) is 38.3 Å². The average Bonchev–Trinajstić information content (AvgIpc) is 2.94. The number of methoxy groups -OCH3 is 1. The van der Waals surface area contributed by atoms with E-state index in [0.717, 1.165) is 24.0 Å². The van der Waals surface area contributed by atoms with E-state index < -0.39 is 6.04 Å². The number of benzene rings is 1. The second-order valence-electron chi connectivity index (χ2n) is 5.38. The Balaban J connectivity index is 0.00000242. The van der Waals surface area contributed by atoms with Crippen molar-refractivity contribution in [3.63, 3.8) is 0 Å². The van der Waals surface area contributed by atoms with E-state index in [1.165, 1.54) is 5.69 Å². The molecule has 0 bridgehead atoms. The summed E-state index contributed by atoms with van der Waals surface area (Å²) in [5.41, 5.74) is 6.92. The third kappa shape index (κ3) is 6.85. The first kappa shape index (κ1) is 22.5. The number of rotatable bonds is 6. The van der Waals surface area contributed by atoms with Crippen molar-refractivity contribution in [2.45, 2.75) is 12.5 Å². The van der Waals surface area contributed by atoms with Crippen molar-refractivity contribution in [1.29, 1.82) is 0 Å². The molecule has 1 heterocycles. The van der Waals surface area contributed by atoms with Crippen LogP contribution in [0.1, 0.15) is 6.42 Å². The van der Waals surface area contributed by atoms with Crippen LogP contribution < -0.4 is 16.0 Å². The molecule has 5 nitrogen and oxygen atoms in total. The molecule has 0 aliphatic carbocycles. The van der Waals surface area contributed by atoms with Crippen molar-refractivity contribution in [2.75, 3.05) is 38.3 Å². The summed E-state index contributed by atoms with van der Waals surface area (Å²) in [6.07, 6.45) is 1.08. The van der Waals surface area contributed by atoms with Gasteiger partial charge in [0.15, 0.2) is 0 Å². The average molecular weight is 429 g/mol. The largest absolute Gasteiger partial charge is 0.383 e. The van der Waals surface area contributed by atoms with Crippen molar-refractivity contribution < 1.29 is 9.53 Å². The number of hydrogen-bond donors (Lipinski definition) is 2. The highest BCUT2D eigenvalue weighted by atomic mass is 79.9. The van der Waals surface area contributed by atoms with E-state index in [9.17, 15) is 4.79 Å². The third-order valence-electron chi connectivity index (χ3n) is 3.73. The van der Waals surface area contributed by atoms with Gasteiger partial charge in [-0.3, -0.25) is 4.79 Å². The molecule has 0 spiro atoms. The molecule has 132 valence electrons. The van der Waals surface area contributed by atoms with Crippen LogP contribution in [0.15, 0.2) is 28.7 Å². The smallest absolute Gasteiger partial charge is 0.239 e. The molecule has 0 saturated carbocycles. The Morgan fingerprint density at radius 2 is 2.09 bits per heavy atom. The van der Waals surface area contributed by atoms with Gasteiger partial charge in [-0.15, -0.1) is 24.8 Å². The minimum Gasteiger partial charge on any atom is -0.383 e. The maximum Gasteiger partial charge on any atom is 0.239 e. The number of carbonyl (C=O) groups is 1. The van der Waals surface area contributed by atoms with Crippen molar-refractivity contribution in [3.8, 4) is 0 Å². The van der Waals surface area contributed by atoms with Crippen molar-refractivity contribution in [1.82, 2.24) is 5.32 Å². The fourth-order valence-electron chi connectivity index (χ4n) is 2.52.